The number of piperidine rings is 1. The Morgan fingerprint density at radius 1 is 1.35 bits per heavy atom. The van der Waals surface area contributed by atoms with Crippen molar-refractivity contribution in [3.05, 3.63) is 0 Å². The highest BCUT2D eigenvalue weighted by Gasteiger charge is 2.26. The molecule has 2 heterocycles. The lowest BCUT2D eigenvalue weighted by molar-refractivity contribution is 0.0872. The lowest BCUT2D eigenvalue weighted by Crippen LogP contribution is -2.33. The molecule has 2 N–H and O–H groups in total. The van der Waals surface area contributed by atoms with Crippen molar-refractivity contribution < 1.29 is 4.74 Å². The van der Waals surface area contributed by atoms with Crippen molar-refractivity contribution in [2.75, 3.05) is 32.8 Å². The summed E-state index contributed by atoms with van der Waals surface area (Å²) in [5, 5.41) is 7.12. The van der Waals surface area contributed by atoms with E-state index in [2.05, 4.69) is 17.6 Å². The monoisotopic (exact) mass is 240 g/mol. The van der Waals surface area contributed by atoms with Gasteiger partial charge in [0.25, 0.3) is 0 Å². The van der Waals surface area contributed by atoms with Crippen molar-refractivity contribution in [1.82, 2.24) is 10.6 Å². The Balaban J connectivity index is 1.53. The number of rotatable bonds is 6. The highest BCUT2D eigenvalue weighted by molar-refractivity contribution is 4.77. The molecule has 0 amide bonds. The molecule has 0 spiro atoms. The van der Waals surface area contributed by atoms with Crippen molar-refractivity contribution in [3.8, 4) is 0 Å². The Bertz CT molecular complexity index is 204. The molecular formula is C14H28N2O. The van der Waals surface area contributed by atoms with Crippen molar-refractivity contribution >= 4 is 0 Å². The van der Waals surface area contributed by atoms with Gasteiger partial charge in [0.15, 0.2) is 0 Å². The summed E-state index contributed by atoms with van der Waals surface area (Å²) in [5.74, 6) is 1.66. The lowest BCUT2D eigenvalue weighted by Gasteiger charge is -2.23. The minimum absolute atomic E-state index is 0.513. The topological polar surface area (TPSA) is 33.3 Å². The molecule has 17 heavy (non-hydrogen) atoms. The Labute approximate surface area is 106 Å². The molecule has 2 aliphatic rings. The number of hydrogen-bond acceptors (Lipinski definition) is 3. The fourth-order valence-electron chi connectivity index (χ4n) is 3.14. The largest absolute Gasteiger partial charge is 0.378 e. The first-order valence-electron chi connectivity index (χ1n) is 7.43. The van der Waals surface area contributed by atoms with Crippen LogP contribution in [-0.4, -0.2) is 38.9 Å². The second-order valence-corrected chi connectivity index (χ2v) is 5.57. The summed E-state index contributed by atoms with van der Waals surface area (Å²) in [6, 6.07) is 0. The predicted molar refractivity (Wildman–Crippen MR) is 71.2 cm³/mol. The molecule has 3 atom stereocenters. The van der Waals surface area contributed by atoms with E-state index < -0.39 is 0 Å². The van der Waals surface area contributed by atoms with Gasteiger partial charge in [0.2, 0.25) is 0 Å². The second-order valence-electron chi connectivity index (χ2n) is 5.57. The lowest BCUT2D eigenvalue weighted by atomic mass is 9.96. The molecule has 0 radical (unpaired) electrons. The van der Waals surface area contributed by atoms with E-state index in [1.54, 1.807) is 0 Å². The van der Waals surface area contributed by atoms with E-state index >= 15 is 0 Å². The molecule has 2 rings (SSSR count). The molecule has 100 valence electrons. The summed E-state index contributed by atoms with van der Waals surface area (Å²) >= 11 is 0. The van der Waals surface area contributed by atoms with Gasteiger partial charge in [0, 0.05) is 13.2 Å². The SMILES string of the molecule is CCC1OCCC1CNCCC1CCCNC1. The summed E-state index contributed by atoms with van der Waals surface area (Å²) in [5.41, 5.74) is 0. The molecule has 3 nitrogen and oxygen atoms in total. The summed E-state index contributed by atoms with van der Waals surface area (Å²) < 4.78 is 5.71. The molecule has 0 bridgehead atoms. The maximum atomic E-state index is 5.71. The fourth-order valence-corrected chi connectivity index (χ4v) is 3.14. The van der Waals surface area contributed by atoms with Gasteiger partial charge < -0.3 is 15.4 Å². The predicted octanol–water partition coefficient (Wildman–Crippen LogP) is 1.78. The van der Waals surface area contributed by atoms with Crippen LogP contribution in [0.3, 0.4) is 0 Å². The minimum atomic E-state index is 0.513. The van der Waals surface area contributed by atoms with Crippen LogP contribution >= 0.6 is 0 Å². The van der Waals surface area contributed by atoms with Crippen LogP contribution in [0.4, 0.5) is 0 Å². The van der Waals surface area contributed by atoms with Gasteiger partial charge in [-0.2, -0.15) is 0 Å². The average Bonchev–Trinajstić information content (AvgIpc) is 2.83. The highest BCUT2D eigenvalue weighted by Crippen LogP contribution is 2.22. The summed E-state index contributed by atoms with van der Waals surface area (Å²) in [7, 11) is 0. The van der Waals surface area contributed by atoms with E-state index in [1.807, 2.05) is 0 Å². The fraction of sp³-hybridized carbons (Fsp3) is 1.00. The molecular weight excluding hydrogens is 212 g/mol. The third kappa shape index (κ3) is 4.23. The van der Waals surface area contributed by atoms with Gasteiger partial charge in [0.05, 0.1) is 6.10 Å². The third-order valence-corrected chi connectivity index (χ3v) is 4.28. The van der Waals surface area contributed by atoms with Crippen LogP contribution in [0.5, 0.6) is 0 Å². The van der Waals surface area contributed by atoms with Crippen LogP contribution in [0.2, 0.25) is 0 Å². The molecule has 0 aromatic carbocycles. The first kappa shape index (κ1) is 13.3. The van der Waals surface area contributed by atoms with Gasteiger partial charge in [-0.15, -0.1) is 0 Å². The molecule has 2 saturated heterocycles. The van der Waals surface area contributed by atoms with E-state index in [0.717, 1.165) is 25.0 Å². The quantitative estimate of drug-likeness (QED) is 0.694. The third-order valence-electron chi connectivity index (χ3n) is 4.28. The van der Waals surface area contributed by atoms with Gasteiger partial charge in [-0.1, -0.05) is 6.92 Å². The number of nitrogens with one attached hydrogen (secondary N) is 2. The molecule has 0 aliphatic carbocycles. The van der Waals surface area contributed by atoms with Crippen molar-refractivity contribution in [1.29, 1.82) is 0 Å². The van der Waals surface area contributed by atoms with Gasteiger partial charge in [-0.05, 0) is 63.6 Å². The first-order chi connectivity index (χ1) is 8.40. The van der Waals surface area contributed by atoms with Crippen molar-refractivity contribution in [3.63, 3.8) is 0 Å². The van der Waals surface area contributed by atoms with E-state index in [0.29, 0.717) is 6.10 Å². The van der Waals surface area contributed by atoms with Crippen LogP contribution in [-0.2, 0) is 4.74 Å². The van der Waals surface area contributed by atoms with E-state index in [1.165, 1.54) is 51.7 Å². The normalized spacial score (nSPS) is 34.1. The second kappa shape index (κ2) is 7.34. The summed E-state index contributed by atoms with van der Waals surface area (Å²) in [6.07, 6.45) is 7.03. The zero-order valence-corrected chi connectivity index (χ0v) is 11.2. The van der Waals surface area contributed by atoms with Crippen LogP contribution in [0, 0.1) is 11.8 Å². The molecule has 3 heteroatoms. The Morgan fingerprint density at radius 2 is 2.29 bits per heavy atom. The van der Waals surface area contributed by atoms with Crippen LogP contribution in [0.1, 0.15) is 39.0 Å². The Hall–Kier alpha value is -0.120. The molecule has 2 fully saturated rings. The Morgan fingerprint density at radius 3 is 3.06 bits per heavy atom. The standard InChI is InChI=1S/C14H28N2O/c1-2-14-13(6-9-17-14)11-16-8-5-12-4-3-7-15-10-12/h12-16H,2-11H2,1H3. The zero-order valence-electron chi connectivity index (χ0n) is 11.2. The van der Waals surface area contributed by atoms with Gasteiger partial charge in [0.1, 0.15) is 0 Å². The van der Waals surface area contributed by atoms with Crippen LogP contribution in [0.25, 0.3) is 0 Å². The Kier molecular flexibility index (Phi) is 5.75. The van der Waals surface area contributed by atoms with E-state index in [4.69, 9.17) is 4.74 Å². The highest BCUT2D eigenvalue weighted by atomic mass is 16.5. The van der Waals surface area contributed by atoms with Crippen LogP contribution < -0.4 is 10.6 Å². The van der Waals surface area contributed by atoms with E-state index in [9.17, 15) is 0 Å². The smallest absolute Gasteiger partial charge is 0.0613 e. The molecule has 2 aliphatic heterocycles. The van der Waals surface area contributed by atoms with Gasteiger partial charge >= 0.3 is 0 Å². The summed E-state index contributed by atoms with van der Waals surface area (Å²) in [6.45, 7) is 7.99. The molecule has 0 aromatic heterocycles. The summed E-state index contributed by atoms with van der Waals surface area (Å²) in [4.78, 5) is 0. The number of hydrogen-bond donors (Lipinski definition) is 2. The van der Waals surface area contributed by atoms with Crippen LogP contribution in [0.15, 0.2) is 0 Å². The van der Waals surface area contributed by atoms with E-state index in [-0.39, 0.29) is 0 Å². The van der Waals surface area contributed by atoms with Gasteiger partial charge in [-0.3, -0.25) is 0 Å². The van der Waals surface area contributed by atoms with Crippen molar-refractivity contribution in [2.45, 2.75) is 45.1 Å². The minimum Gasteiger partial charge on any atom is -0.378 e. The first-order valence-corrected chi connectivity index (χ1v) is 7.43. The molecule has 0 aromatic rings. The van der Waals surface area contributed by atoms with Crippen molar-refractivity contribution in [2.24, 2.45) is 11.8 Å². The number of ether oxygens (including phenoxy) is 1. The molecule has 3 unspecified atom stereocenters. The molecule has 0 saturated carbocycles. The van der Waals surface area contributed by atoms with Gasteiger partial charge in [-0.25, -0.2) is 0 Å². The average molecular weight is 240 g/mol. The maximum absolute atomic E-state index is 5.71. The zero-order chi connectivity index (χ0) is 11.9. The maximum Gasteiger partial charge on any atom is 0.0613 e.